The van der Waals surface area contributed by atoms with Crippen LogP contribution in [0.25, 0.3) is 10.1 Å². The molecule has 0 bridgehead atoms. The van der Waals surface area contributed by atoms with Crippen molar-refractivity contribution < 1.29 is 9.53 Å². The van der Waals surface area contributed by atoms with Crippen LogP contribution in [0.2, 0.25) is 0 Å². The van der Waals surface area contributed by atoms with Gasteiger partial charge in [-0.3, -0.25) is 0 Å². The molecule has 0 radical (unpaired) electrons. The molecule has 1 heterocycles. The Morgan fingerprint density at radius 1 is 1.17 bits per heavy atom. The number of alkyl carbamates (subject to hydrolysis) is 1. The second kappa shape index (κ2) is 7.62. The molecule has 118 valence electrons. The van der Waals surface area contributed by atoms with Crippen LogP contribution in [0.4, 0.5) is 4.79 Å². The van der Waals surface area contributed by atoms with Gasteiger partial charge in [0.05, 0.1) is 0 Å². The van der Waals surface area contributed by atoms with Gasteiger partial charge in [-0.25, -0.2) is 4.79 Å². The van der Waals surface area contributed by atoms with Gasteiger partial charge in [-0.2, -0.15) is 0 Å². The van der Waals surface area contributed by atoms with E-state index < -0.39 is 0 Å². The Morgan fingerprint density at radius 2 is 2.00 bits per heavy atom. The second-order valence-electron chi connectivity index (χ2n) is 5.14. The number of hydrogen-bond donors (Lipinski definition) is 1. The van der Waals surface area contributed by atoms with Crippen LogP contribution in [0.5, 0.6) is 0 Å². The van der Waals surface area contributed by atoms with Gasteiger partial charge in [0, 0.05) is 15.7 Å². The summed E-state index contributed by atoms with van der Waals surface area (Å²) in [4.78, 5) is 11.7. The molecular formula is C18H16BrNO2S. The molecule has 5 heteroatoms. The zero-order valence-corrected chi connectivity index (χ0v) is 14.8. The Hall–Kier alpha value is -1.85. The quantitative estimate of drug-likeness (QED) is 0.656. The number of halogens is 1. The van der Waals surface area contributed by atoms with Gasteiger partial charge in [0.15, 0.2) is 0 Å². The minimum Gasteiger partial charge on any atom is -0.445 e. The maximum absolute atomic E-state index is 11.7. The number of rotatable bonds is 5. The van der Waals surface area contributed by atoms with E-state index in [-0.39, 0.29) is 6.09 Å². The normalized spacial score (nSPS) is 10.7. The molecule has 0 saturated heterocycles. The smallest absolute Gasteiger partial charge is 0.407 e. The molecule has 0 aliphatic carbocycles. The van der Waals surface area contributed by atoms with Crippen molar-refractivity contribution in [3.05, 3.63) is 69.5 Å². The van der Waals surface area contributed by atoms with Crippen molar-refractivity contribution in [2.45, 2.75) is 13.0 Å². The largest absolute Gasteiger partial charge is 0.445 e. The van der Waals surface area contributed by atoms with E-state index in [1.807, 2.05) is 36.4 Å². The van der Waals surface area contributed by atoms with Crippen LogP contribution >= 0.6 is 27.3 Å². The number of ether oxygens (including phenoxy) is 1. The van der Waals surface area contributed by atoms with Crippen molar-refractivity contribution in [1.29, 1.82) is 0 Å². The van der Waals surface area contributed by atoms with E-state index in [2.05, 4.69) is 38.8 Å². The zero-order chi connectivity index (χ0) is 16.1. The van der Waals surface area contributed by atoms with Gasteiger partial charge < -0.3 is 10.1 Å². The van der Waals surface area contributed by atoms with Crippen molar-refractivity contribution in [3.63, 3.8) is 0 Å². The maximum atomic E-state index is 11.7. The zero-order valence-electron chi connectivity index (χ0n) is 12.4. The third kappa shape index (κ3) is 4.33. The lowest BCUT2D eigenvalue weighted by molar-refractivity contribution is 0.140. The van der Waals surface area contributed by atoms with Gasteiger partial charge in [-0.15, -0.1) is 11.3 Å². The van der Waals surface area contributed by atoms with Crippen molar-refractivity contribution in [3.8, 4) is 0 Å². The first-order chi connectivity index (χ1) is 11.2. The molecule has 3 nitrogen and oxygen atoms in total. The summed E-state index contributed by atoms with van der Waals surface area (Å²) >= 11 is 5.22. The first kappa shape index (κ1) is 16.0. The Balaban J connectivity index is 1.48. The number of fused-ring (bicyclic) bond motifs is 1. The third-order valence-corrected chi connectivity index (χ3v) is 5.00. The number of benzene rings is 2. The number of carbonyl (C=O) groups is 1. The SMILES string of the molecule is O=C(NCCc1csc2ccc(Br)cc12)OCc1ccccc1. The van der Waals surface area contributed by atoms with Crippen molar-refractivity contribution in [2.75, 3.05) is 6.54 Å². The molecule has 0 fully saturated rings. The Bertz CT molecular complexity index is 801. The van der Waals surface area contributed by atoms with Gasteiger partial charge >= 0.3 is 6.09 Å². The summed E-state index contributed by atoms with van der Waals surface area (Å²) in [6.07, 6.45) is 0.409. The topological polar surface area (TPSA) is 38.3 Å². The molecule has 0 atom stereocenters. The minimum absolute atomic E-state index is 0.293. The lowest BCUT2D eigenvalue weighted by atomic mass is 10.1. The van der Waals surface area contributed by atoms with E-state index in [1.54, 1.807) is 11.3 Å². The first-order valence-corrected chi connectivity index (χ1v) is 9.00. The van der Waals surface area contributed by atoms with Crippen LogP contribution in [0.3, 0.4) is 0 Å². The monoisotopic (exact) mass is 389 g/mol. The van der Waals surface area contributed by atoms with Crippen LogP contribution in [0.1, 0.15) is 11.1 Å². The van der Waals surface area contributed by atoms with Crippen LogP contribution in [-0.2, 0) is 17.8 Å². The summed E-state index contributed by atoms with van der Waals surface area (Å²) in [5.74, 6) is 0. The van der Waals surface area contributed by atoms with E-state index in [0.717, 1.165) is 16.5 Å². The number of carbonyl (C=O) groups excluding carboxylic acids is 1. The summed E-state index contributed by atoms with van der Waals surface area (Å²) in [6, 6.07) is 15.9. The Kier molecular flexibility index (Phi) is 5.31. The Labute approximate surface area is 147 Å². The molecule has 2 aromatic carbocycles. The molecule has 1 aromatic heterocycles. The maximum Gasteiger partial charge on any atom is 0.407 e. The van der Waals surface area contributed by atoms with Crippen molar-refractivity contribution in [2.24, 2.45) is 0 Å². The molecular weight excluding hydrogens is 374 g/mol. The van der Waals surface area contributed by atoms with E-state index in [0.29, 0.717) is 13.2 Å². The molecule has 1 N–H and O–H groups in total. The van der Waals surface area contributed by atoms with E-state index >= 15 is 0 Å². The van der Waals surface area contributed by atoms with Crippen LogP contribution in [0, 0.1) is 0 Å². The molecule has 23 heavy (non-hydrogen) atoms. The average Bonchev–Trinajstić information content (AvgIpc) is 2.96. The van der Waals surface area contributed by atoms with E-state index in [4.69, 9.17) is 4.74 Å². The fraction of sp³-hybridized carbons (Fsp3) is 0.167. The minimum atomic E-state index is -0.380. The van der Waals surface area contributed by atoms with Crippen LogP contribution in [0.15, 0.2) is 58.4 Å². The van der Waals surface area contributed by atoms with Crippen molar-refractivity contribution >= 4 is 43.4 Å². The molecule has 0 saturated carbocycles. The second-order valence-corrected chi connectivity index (χ2v) is 6.97. The molecule has 3 aromatic rings. The van der Waals surface area contributed by atoms with Crippen LogP contribution < -0.4 is 5.32 Å². The lowest BCUT2D eigenvalue weighted by Gasteiger charge is -2.07. The summed E-state index contributed by atoms with van der Waals surface area (Å²) in [6.45, 7) is 0.854. The van der Waals surface area contributed by atoms with Crippen LogP contribution in [-0.4, -0.2) is 12.6 Å². The summed E-state index contributed by atoms with van der Waals surface area (Å²) < 4.78 is 7.53. The highest BCUT2D eigenvalue weighted by molar-refractivity contribution is 9.10. The first-order valence-electron chi connectivity index (χ1n) is 7.32. The summed E-state index contributed by atoms with van der Waals surface area (Å²) in [5, 5.41) is 6.19. The highest BCUT2D eigenvalue weighted by atomic mass is 79.9. The van der Waals surface area contributed by atoms with Crippen molar-refractivity contribution in [1.82, 2.24) is 5.32 Å². The molecule has 0 unspecified atom stereocenters. The number of nitrogens with one attached hydrogen (secondary N) is 1. The molecule has 0 spiro atoms. The molecule has 3 rings (SSSR count). The predicted molar refractivity (Wildman–Crippen MR) is 97.9 cm³/mol. The van der Waals surface area contributed by atoms with Gasteiger partial charge in [-0.05, 0) is 46.5 Å². The third-order valence-electron chi connectivity index (χ3n) is 3.49. The number of amides is 1. The van der Waals surface area contributed by atoms with Gasteiger partial charge in [-0.1, -0.05) is 46.3 Å². The predicted octanol–water partition coefficient (Wildman–Crippen LogP) is 5.13. The molecule has 0 aliphatic heterocycles. The van der Waals surface area contributed by atoms with Gasteiger partial charge in [0.1, 0.15) is 6.61 Å². The van der Waals surface area contributed by atoms with Gasteiger partial charge in [0.2, 0.25) is 0 Å². The van der Waals surface area contributed by atoms with Gasteiger partial charge in [0.25, 0.3) is 0 Å². The average molecular weight is 390 g/mol. The van der Waals surface area contributed by atoms with E-state index in [9.17, 15) is 4.79 Å². The fourth-order valence-corrected chi connectivity index (χ4v) is 3.66. The fourth-order valence-electron chi connectivity index (χ4n) is 2.32. The van der Waals surface area contributed by atoms with E-state index in [1.165, 1.54) is 15.6 Å². The molecule has 0 aliphatic rings. The summed E-state index contributed by atoms with van der Waals surface area (Å²) in [7, 11) is 0. The highest BCUT2D eigenvalue weighted by Crippen LogP contribution is 2.28. The number of thiophene rings is 1. The summed E-state index contributed by atoms with van der Waals surface area (Å²) in [5.41, 5.74) is 2.23. The molecule has 1 amide bonds. The number of hydrogen-bond acceptors (Lipinski definition) is 3. The standard InChI is InChI=1S/C18H16BrNO2S/c19-15-6-7-17-16(10-15)14(12-23-17)8-9-20-18(21)22-11-13-4-2-1-3-5-13/h1-7,10,12H,8-9,11H2,(H,20,21). The lowest BCUT2D eigenvalue weighted by Crippen LogP contribution is -2.26. The Morgan fingerprint density at radius 3 is 2.83 bits per heavy atom. The highest BCUT2D eigenvalue weighted by Gasteiger charge is 2.06.